The quantitative estimate of drug-likeness (QED) is 0.855. The Morgan fingerprint density at radius 2 is 2.14 bits per heavy atom. The van der Waals surface area contributed by atoms with Crippen molar-refractivity contribution in [2.75, 3.05) is 20.2 Å². The molecule has 1 aliphatic heterocycles. The second-order valence-electron chi connectivity index (χ2n) is 6.26. The van der Waals surface area contributed by atoms with Crippen LogP contribution >= 0.6 is 0 Å². The molecule has 0 unspecified atom stereocenters. The molecule has 1 aromatic rings. The van der Waals surface area contributed by atoms with Crippen LogP contribution in [-0.2, 0) is 22.4 Å². The van der Waals surface area contributed by atoms with Crippen molar-refractivity contribution in [1.82, 2.24) is 4.90 Å². The van der Waals surface area contributed by atoms with Gasteiger partial charge in [-0.25, -0.2) is 0 Å². The van der Waals surface area contributed by atoms with Crippen LogP contribution in [0.25, 0.3) is 0 Å². The molecule has 0 aromatic heterocycles. The van der Waals surface area contributed by atoms with E-state index in [9.17, 15) is 9.90 Å². The largest absolute Gasteiger partial charge is 0.468 e. The summed E-state index contributed by atoms with van der Waals surface area (Å²) in [4.78, 5) is 13.9. The fourth-order valence-electron chi connectivity index (χ4n) is 3.72. The number of carbonyl (C=O) groups excluding carboxylic acids is 1. The maximum absolute atomic E-state index is 11.8. The van der Waals surface area contributed by atoms with E-state index in [0.717, 1.165) is 25.8 Å². The first-order chi connectivity index (χ1) is 10.2. The molecule has 0 amide bonds. The van der Waals surface area contributed by atoms with Gasteiger partial charge in [0.05, 0.1) is 13.2 Å². The Balaban J connectivity index is 1.65. The van der Waals surface area contributed by atoms with Crippen LogP contribution in [-0.4, -0.2) is 48.3 Å². The molecule has 4 nitrogen and oxygen atoms in total. The lowest BCUT2D eigenvalue weighted by Crippen LogP contribution is -2.40. The van der Waals surface area contributed by atoms with Crippen LogP contribution in [0.1, 0.15) is 24.0 Å². The Kier molecular flexibility index (Phi) is 4.27. The zero-order valence-electron chi connectivity index (χ0n) is 12.5. The van der Waals surface area contributed by atoms with Gasteiger partial charge in [-0.2, -0.15) is 0 Å². The van der Waals surface area contributed by atoms with E-state index in [2.05, 4.69) is 29.2 Å². The SMILES string of the molecule is COC(=O)[C@@H]1C[C@H](O)CN1C[C@H]1CCc2ccccc2C1. The first kappa shape index (κ1) is 14.5. The van der Waals surface area contributed by atoms with Crippen LogP contribution in [0, 0.1) is 5.92 Å². The topological polar surface area (TPSA) is 49.8 Å². The average Bonchev–Trinajstić information content (AvgIpc) is 2.87. The normalized spacial score (nSPS) is 29.1. The van der Waals surface area contributed by atoms with Crippen LogP contribution < -0.4 is 0 Å². The number of methoxy groups -OCH3 is 1. The van der Waals surface area contributed by atoms with Gasteiger partial charge in [0.15, 0.2) is 0 Å². The van der Waals surface area contributed by atoms with E-state index in [-0.39, 0.29) is 12.0 Å². The first-order valence-electron chi connectivity index (χ1n) is 7.74. The Bertz CT molecular complexity index is 517. The molecule has 0 bridgehead atoms. The van der Waals surface area contributed by atoms with Crippen molar-refractivity contribution < 1.29 is 14.6 Å². The highest BCUT2D eigenvalue weighted by Crippen LogP contribution is 2.28. The number of nitrogens with zero attached hydrogens (tertiary/aromatic N) is 1. The number of hydrogen-bond acceptors (Lipinski definition) is 4. The van der Waals surface area contributed by atoms with Crippen LogP contribution in [0.15, 0.2) is 24.3 Å². The maximum Gasteiger partial charge on any atom is 0.323 e. The number of aryl methyl sites for hydroxylation is 1. The number of aliphatic hydroxyl groups excluding tert-OH is 1. The Morgan fingerprint density at radius 3 is 2.90 bits per heavy atom. The second-order valence-corrected chi connectivity index (χ2v) is 6.26. The Labute approximate surface area is 125 Å². The summed E-state index contributed by atoms with van der Waals surface area (Å²) in [6, 6.07) is 8.34. The molecule has 1 N–H and O–H groups in total. The monoisotopic (exact) mass is 289 g/mol. The molecule has 1 aliphatic carbocycles. The molecular formula is C17H23NO3. The minimum atomic E-state index is -0.412. The summed E-state index contributed by atoms with van der Waals surface area (Å²) in [5.74, 6) is 0.333. The van der Waals surface area contributed by atoms with Crippen LogP contribution in [0.4, 0.5) is 0 Å². The lowest BCUT2D eigenvalue weighted by atomic mass is 9.83. The number of β-amino-alcohol motifs (C(OH)–C–C–N with tert-alkyl or cyclic N) is 1. The number of aliphatic hydroxyl groups is 1. The third kappa shape index (κ3) is 3.11. The van der Waals surface area contributed by atoms with Crippen molar-refractivity contribution in [3.05, 3.63) is 35.4 Å². The molecule has 1 fully saturated rings. The molecule has 3 rings (SSSR count). The van der Waals surface area contributed by atoms with E-state index >= 15 is 0 Å². The molecule has 1 saturated heterocycles. The zero-order chi connectivity index (χ0) is 14.8. The molecule has 4 heteroatoms. The summed E-state index contributed by atoms with van der Waals surface area (Å²) in [7, 11) is 1.42. The van der Waals surface area contributed by atoms with E-state index < -0.39 is 6.10 Å². The van der Waals surface area contributed by atoms with Gasteiger partial charge in [0.1, 0.15) is 6.04 Å². The summed E-state index contributed by atoms with van der Waals surface area (Å²) in [6.07, 6.45) is 3.41. The highest BCUT2D eigenvalue weighted by molar-refractivity contribution is 5.76. The molecule has 3 atom stereocenters. The van der Waals surface area contributed by atoms with E-state index in [0.29, 0.717) is 18.9 Å². The van der Waals surface area contributed by atoms with Crippen molar-refractivity contribution in [1.29, 1.82) is 0 Å². The van der Waals surface area contributed by atoms with Gasteiger partial charge in [-0.3, -0.25) is 9.69 Å². The molecule has 0 radical (unpaired) electrons. The van der Waals surface area contributed by atoms with E-state index in [4.69, 9.17) is 4.74 Å². The molecule has 114 valence electrons. The summed E-state index contributed by atoms with van der Waals surface area (Å²) in [5, 5.41) is 9.85. The third-order valence-electron chi connectivity index (χ3n) is 4.80. The predicted molar refractivity (Wildman–Crippen MR) is 80.0 cm³/mol. The van der Waals surface area contributed by atoms with E-state index in [1.807, 2.05) is 0 Å². The minimum absolute atomic E-state index is 0.220. The highest BCUT2D eigenvalue weighted by Gasteiger charge is 2.37. The van der Waals surface area contributed by atoms with Gasteiger partial charge in [0.25, 0.3) is 0 Å². The van der Waals surface area contributed by atoms with Crippen LogP contribution in [0.5, 0.6) is 0 Å². The smallest absolute Gasteiger partial charge is 0.323 e. The summed E-state index contributed by atoms with van der Waals surface area (Å²) in [5.41, 5.74) is 2.89. The number of likely N-dealkylation sites (tertiary alicyclic amines) is 1. The van der Waals surface area contributed by atoms with Gasteiger partial charge in [0, 0.05) is 19.5 Å². The summed E-state index contributed by atoms with van der Waals surface area (Å²) in [6.45, 7) is 1.45. The Hall–Kier alpha value is -1.39. The average molecular weight is 289 g/mol. The Morgan fingerprint density at radius 1 is 1.38 bits per heavy atom. The zero-order valence-corrected chi connectivity index (χ0v) is 12.5. The van der Waals surface area contributed by atoms with Crippen molar-refractivity contribution in [2.45, 2.75) is 37.8 Å². The fourth-order valence-corrected chi connectivity index (χ4v) is 3.72. The van der Waals surface area contributed by atoms with Gasteiger partial charge in [-0.1, -0.05) is 24.3 Å². The van der Waals surface area contributed by atoms with Crippen molar-refractivity contribution in [3.63, 3.8) is 0 Å². The molecule has 2 aliphatic rings. The molecule has 1 aromatic carbocycles. The van der Waals surface area contributed by atoms with Gasteiger partial charge >= 0.3 is 5.97 Å². The molecule has 21 heavy (non-hydrogen) atoms. The van der Waals surface area contributed by atoms with Crippen molar-refractivity contribution >= 4 is 5.97 Å². The molecule has 0 spiro atoms. The summed E-state index contributed by atoms with van der Waals surface area (Å²) >= 11 is 0. The van der Waals surface area contributed by atoms with Gasteiger partial charge in [-0.15, -0.1) is 0 Å². The maximum atomic E-state index is 11.8. The number of fused-ring (bicyclic) bond motifs is 1. The molecular weight excluding hydrogens is 266 g/mol. The number of carbonyl (C=O) groups is 1. The van der Waals surface area contributed by atoms with Crippen molar-refractivity contribution in [2.24, 2.45) is 5.92 Å². The van der Waals surface area contributed by atoms with E-state index in [1.54, 1.807) is 0 Å². The predicted octanol–water partition coefficient (Wildman–Crippen LogP) is 1.40. The molecule has 1 heterocycles. The van der Waals surface area contributed by atoms with Crippen LogP contribution in [0.3, 0.4) is 0 Å². The number of ether oxygens (including phenoxy) is 1. The van der Waals surface area contributed by atoms with Gasteiger partial charge in [0.2, 0.25) is 0 Å². The standard InChI is InChI=1S/C17H23NO3/c1-21-17(20)16-9-15(19)11-18(16)10-12-6-7-13-4-2-3-5-14(13)8-12/h2-5,12,15-16,19H,6-11H2,1H3/t12-,15-,16-/m0/s1. The van der Waals surface area contributed by atoms with Gasteiger partial charge in [-0.05, 0) is 36.3 Å². The lowest BCUT2D eigenvalue weighted by molar-refractivity contribution is -0.146. The van der Waals surface area contributed by atoms with Crippen LogP contribution in [0.2, 0.25) is 0 Å². The lowest BCUT2D eigenvalue weighted by Gasteiger charge is -2.30. The summed E-state index contributed by atoms with van der Waals surface area (Å²) < 4.78 is 4.87. The number of hydrogen-bond donors (Lipinski definition) is 1. The van der Waals surface area contributed by atoms with Crippen molar-refractivity contribution in [3.8, 4) is 0 Å². The van der Waals surface area contributed by atoms with E-state index in [1.165, 1.54) is 18.2 Å². The number of esters is 1. The first-order valence-corrected chi connectivity index (χ1v) is 7.74. The molecule has 0 saturated carbocycles. The van der Waals surface area contributed by atoms with Gasteiger partial charge < -0.3 is 9.84 Å². The third-order valence-corrected chi connectivity index (χ3v) is 4.80. The fraction of sp³-hybridized carbons (Fsp3) is 0.588. The number of rotatable bonds is 3. The number of benzene rings is 1. The second kappa shape index (κ2) is 6.16. The highest BCUT2D eigenvalue weighted by atomic mass is 16.5. The minimum Gasteiger partial charge on any atom is -0.468 e.